The van der Waals surface area contributed by atoms with Gasteiger partial charge in [-0.2, -0.15) is 0 Å². The number of hydrogen-bond donors (Lipinski definition) is 2. The molecule has 4 rings (SSSR count). The second-order valence-electron chi connectivity index (χ2n) is 7.75. The van der Waals surface area contributed by atoms with Gasteiger partial charge in [-0.15, -0.1) is 6.58 Å². The quantitative estimate of drug-likeness (QED) is 0.570. The van der Waals surface area contributed by atoms with E-state index < -0.39 is 20.9 Å². The third-order valence-corrected chi connectivity index (χ3v) is 8.47. The monoisotopic (exact) mass is 425 g/mol. The first-order valence-corrected chi connectivity index (χ1v) is 11.5. The van der Waals surface area contributed by atoms with Crippen molar-refractivity contribution in [3.63, 3.8) is 0 Å². The Morgan fingerprint density at radius 1 is 1.27 bits per heavy atom. The molecule has 1 aliphatic heterocycles. The first kappa shape index (κ1) is 20.7. The molecule has 1 fully saturated rings. The van der Waals surface area contributed by atoms with E-state index in [1.807, 2.05) is 42.3 Å². The molecule has 0 radical (unpaired) electrons. The molecule has 2 N–H and O–H groups in total. The number of nitrogens with zero attached hydrogens (tertiary/aromatic N) is 2. The molecule has 2 aromatic carbocycles. The standard InChI is InChI=1S/C23H27N3O3S/c1-3-23(22(27)16-26(30(23,28)29)20-8-6-5-7-9-20)17-25(4-2)15-18-10-11-21-19(14-18)12-13-24-21/h3,5-14,22,24,27H,1,4,15-17H2,2H3/t22-,23+/m0/s1. The zero-order valence-corrected chi connectivity index (χ0v) is 17.8. The second-order valence-corrected chi connectivity index (χ2v) is 9.90. The van der Waals surface area contributed by atoms with Crippen molar-refractivity contribution in [3.05, 3.63) is 79.0 Å². The lowest BCUT2D eigenvalue weighted by Gasteiger charge is -2.33. The molecule has 7 heteroatoms. The van der Waals surface area contributed by atoms with E-state index in [0.29, 0.717) is 18.8 Å². The first-order valence-electron chi connectivity index (χ1n) is 10.1. The van der Waals surface area contributed by atoms with Crippen molar-refractivity contribution < 1.29 is 13.5 Å². The Bertz CT molecular complexity index is 1140. The van der Waals surface area contributed by atoms with E-state index in [2.05, 4.69) is 17.6 Å². The van der Waals surface area contributed by atoms with Crippen molar-refractivity contribution in [2.45, 2.75) is 24.3 Å². The number of benzene rings is 2. The van der Waals surface area contributed by atoms with Crippen molar-refractivity contribution in [1.29, 1.82) is 0 Å². The maximum Gasteiger partial charge on any atom is 0.248 e. The fourth-order valence-electron chi connectivity index (χ4n) is 4.21. The molecule has 0 unspecified atom stereocenters. The van der Waals surface area contributed by atoms with Crippen LogP contribution in [0.3, 0.4) is 0 Å². The van der Waals surface area contributed by atoms with Gasteiger partial charge in [0.1, 0.15) is 4.75 Å². The van der Waals surface area contributed by atoms with Gasteiger partial charge in [0, 0.05) is 24.8 Å². The number of H-pyrrole nitrogens is 1. The molecule has 0 amide bonds. The number of nitrogens with one attached hydrogen (secondary N) is 1. The highest BCUT2D eigenvalue weighted by atomic mass is 32.2. The van der Waals surface area contributed by atoms with Crippen LogP contribution in [0.5, 0.6) is 0 Å². The molecule has 2 atom stereocenters. The van der Waals surface area contributed by atoms with Gasteiger partial charge in [0.2, 0.25) is 10.0 Å². The molecule has 3 aromatic rings. The van der Waals surface area contributed by atoms with Crippen LogP contribution in [0.4, 0.5) is 5.69 Å². The Balaban J connectivity index is 1.63. The summed E-state index contributed by atoms with van der Waals surface area (Å²) in [6.07, 6.45) is 2.24. The van der Waals surface area contributed by atoms with Gasteiger partial charge >= 0.3 is 0 Å². The van der Waals surface area contributed by atoms with Crippen LogP contribution in [0, 0.1) is 0 Å². The van der Waals surface area contributed by atoms with Gasteiger partial charge < -0.3 is 10.1 Å². The fourth-order valence-corrected chi connectivity index (χ4v) is 6.33. The molecular formula is C23H27N3O3S. The van der Waals surface area contributed by atoms with Gasteiger partial charge in [0.05, 0.1) is 18.3 Å². The fraction of sp³-hybridized carbons (Fsp3) is 0.304. The molecule has 1 saturated heterocycles. The minimum atomic E-state index is -3.85. The number of hydrogen-bond acceptors (Lipinski definition) is 4. The van der Waals surface area contributed by atoms with Gasteiger partial charge in [-0.1, -0.05) is 37.3 Å². The Kier molecular flexibility index (Phi) is 5.44. The lowest BCUT2D eigenvalue weighted by Crippen LogP contribution is -2.52. The molecule has 0 aliphatic carbocycles. The van der Waals surface area contributed by atoms with Crippen molar-refractivity contribution in [3.8, 4) is 0 Å². The summed E-state index contributed by atoms with van der Waals surface area (Å²) >= 11 is 0. The van der Waals surface area contributed by atoms with Crippen LogP contribution in [0.25, 0.3) is 10.9 Å². The van der Waals surface area contributed by atoms with Gasteiger partial charge in [-0.3, -0.25) is 9.21 Å². The molecule has 1 aromatic heterocycles. The summed E-state index contributed by atoms with van der Waals surface area (Å²) in [5.41, 5.74) is 2.71. The number of aromatic amines is 1. The lowest BCUT2D eigenvalue weighted by atomic mass is 10.00. The van der Waals surface area contributed by atoms with E-state index in [1.54, 1.807) is 24.3 Å². The highest BCUT2D eigenvalue weighted by Crippen LogP contribution is 2.38. The van der Waals surface area contributed by atoms with Gasteiger partial charge in [-0.05, 0) is 47.8 Å². The van der Waals surface area contributed by atoms with Crippen LogP contribution in [-0.2, 0) is 16.6 Å². The van der Waals surface area contributed by atoms with Crippen LogP contribution in [0.15, 0.2) is 73.4 Å². The van der Waals surface area contributed by atoms with Crippen molar-refractivity contribution in [2.75, 3.05) is 23.9 Å². The van der Waals surface area contributed by atoms with Crippen molar-refractivity contribution >= 4 is 26.6 Å². The third-order valence-electron chi connectivity index (χ3n) is 6.00. The second kappa shape index (κ2) is 7.91. The van der Waals surface area contributed by atoms with Crippen LogP contribution >= 0.6 is 0 Å². The van der Waals surface area contributed by atoms with E-state index in [9.17, 15) is 13.5 Å². The minimum Gasteiger partial charge on any atom is -0.389 e. The predicted octanol–water partition coefficient (Wildman–Crippen LogP) is 3.13. The minimum absolute atomic E-state index is 0.0191. The molecule has 2 heterocycles. The SMILES string of the molecule is C=C[C@@]1(CN(CC)Cc2ccc3[nH]ccc3c2)[C@@H](O)CN(c2ccccc2)S1(=O)=O. The van der Waals surface area contributed by atoms with Gasteiger partial charge in [0.15, 0.2) is 0 Å². The largest absolute Gasteiger partial charge is 0.389 e. The smallest absolute Gasteiger partial charge is 0.248 e. The Hall–Kier alpha value is -2.61. The summed E-state index contributed by atoms with van der Waals surface area (Å²) in [6.45, 7) is 7.24. The molecule has 0 bridgehead atoms. The van der Waals surface area contributed by atoms with E-state index in [0.717, 1.165) is 16.5 Å². The normalized spacial score (nSPS) is 23.3. The first-order chi connectivity index (χ1) is 14.4. The molecule has 158 valence electrons. The average Bonchev–Trinajstić information content (AvgIpc) is 3.29. The summed E-state index contributed by atoms with van der Waals surface area (Å²) in [5.74, 6) is 0. The van der Waals surface area contributed by atoms with Crippen LogP contribution in [-0.4, -0.2) is 53.9 Å². The molecular weight excluding hydrogens is 398 g/mol. The molecule has 6 nitrogen and oxygen atoms in total. The summed E-state index contributed by atoms with van der Waals surface area (Å²) in [5, 5.41) is 12.0. The van der Waals surface area contributed by atoms with Crippen LogP contribution < -0.4 is 4.31 Å². The number of β-amino-alcohol motifs (C(OH)–C–C–N with tert-alkyl or cyclic N) is 1. The molecule has 0 saturated carbocycles. The van der Waals surface area contributed by atoms with E-state index in [-0.39, 0.29) is 13.1 Å². The van der Waals surface area contributed by atoms with E-state index in [4.69, 9.17) is 0 Å². The maximum absolute atomic E-state index is 13.6. The Labute approximate surface area is 177 Å². The summed E-state index contributed by atoms with van der Waals surface area (Å²) < 4.78 is 27.0. The van der Waals surface area contributed by atoms with Crippen molar-refractivity contribution in [1.82, 2.24) is 9.88 Å². The zero-order valence-electron chi connectivity index (χ0n) is 17.0. The Morgan fingerprint density at radius 3 is 2.73 bits per heavy atom. The van der Waals surface area contributed by atoms with Gasteiger partial charge in [-0.25, -0.2) is 8.42 Å². The summed E-state index contributed by atoms with van der Waals surface area (Å²) in [7, 11) is -3.85. The van der Waals surface area contributed by atoms with Crippen molar-refractivity contribution in [2.24, 2.45) is 0 Å². The number of para-hydroxylation sites is 1. The molecule has 30 heavy (non-hydrogen) atoms. The Morgan fingerprint density at radius 2 is 2.03 bits per heavy atom. The topological polar surface area (TPSA) is 76.6 Å². The van der Waals surface area contributed by atoms with Crippen LogP contribution in [0.1, 0.15) is 12.5 Å². The number of aliphatic hydroxyl groups excluding tert-OH is 1. The number of sulfonamides is 1. The predicted molar refractivity (Wildman–Crippen MR) is 121 cm³/mol. The molecule has 0 spiro atoms. The summed E-state index contributed by atoms with van der Waals surface area (Å²) in [4.78, 5) is 5.23. The number of anilines is 1. The summed E-state index contributed by atoms with van der Waals surface area (Å²) in [6, 6.07) is 17.1. The zero-order chi connectivity index (χ0) is 21.4. The van der Waals surface area contributed by atoms with Gasteiger partial charge in [0.25, 0.3) is 0 Å². The number of aliphatic hydroxyl groups is 1. The van der Waals surface area contributed by atoms with Crippen LogP contribution in [0.2, 0.25) is 0 Å². The highest BCUT2D eigenvalue weighted by Gasteiger charge is 2.57. The number of fused-ring (bicyclic) bond motifs is 1. The number of aromatic nitrogens is 1. The van der Waals surface area contributed by atoms with E-state index >= 15 is 0 Å². The maximum atomic E-state index is 13.6. The number of rotatable bonds is 7. The van der Waals surface area contributed by atoms with E-state index in [1.165, 1.54) is 10.4 Å². The molecule has 1 aliphatic rings. The average molecular weight is 426 g/mol. The third kappa shape index (κ3) is 3.33. The highest BCUT2D eigenvalue weighted by molar-refractivity contribution is 7.94. The lowest BCUT2D eigenvalue weighted by molar-refractivity contribution is 0.132.